The Morgan fingerprint density at radius 1 is 1.38 bits per heavy atom. The lowest BCUT2D eigenvalue weighted by atomic mass is 9.97. The Balaban J connectivity index is 2.17. The number of benzene rings is 1. The Kier molecular flexibility index (Phi) is 3.79. The molecule has 0 aliphatic rings. The van der Waals surface area contributed by atoms with Crippen LogP contribution in [-0.4, -0.2) is 0 Å². The molecule has 84 valence electrons. The fourth-order valence-electron chi connectivity index (χ4n) is 1.83. The molecule has 3 heteroatoms. The summed E-state index contributed by atoms with van der Waals surface area (Å²) in [5.74, 6) is 0. The van der Waals surface area contributed by atoms with Crippen LogP contribution in [0, 0.1) is 6.92 Å². The first kappa shape index (κ1) is 11.8. The summed E-state index contributed by atoms with van der Waals surface area (Å²) in [5.41, 5.74) is 10.0. The molecule has 1 aromatic carbocycles. The third-order valence-corrected chi connectivity index (χ3v) is 3.89. The van der Waals surface area contributed by atoms with E-state index in [0.717, 1.165) is 10.9 Å². The van der Waals surface area contributed by atoms with E-state index in [9.17, 15) is 0 Å². The molecular formula is C13H14BrNS. The molecule has 0 aliphatic heterocycles. The molecule has 2 rings (SSSR count). The number of rotatable bonds is 3. The molecule has 1 aromatic heterocycles. The van der Waals surface area contributed by atoms with Gasteiger partial charge in [-0.3, -0.25) is 0 Å². The minimum atomic E-state index is 0.0858. The lowest BCUT2D eigenvalue weighted by Gasteiger charge is -2.14. The maximum atomic E-state index is 6.23. The molecule has 0 saturated heterocycles. The molecule has 0 fully saturated rings. The molecule has 2 N–H and O–H groups in total. The largest absolute Gasteiger partial charge is 0.324 e. The van der Waals surface area contributed by atoms with Gasteiger partial charge in [-0.2, -0.15) is 11.3 Å². The minimum absolute atomic E-state index is 0.0858. The lowest BCUT2D eigenvalue weighted by Crippen LogP contribution is -2.14. The summed E-state index contributed by atoms with van der Waals surface area (Å²) < 4.78 is 1.11. The van der Waals surface area contributed by atoms with Crippen LogP contribution >= 0.6 is 27.3 Å². The van der Waals surface area contributed by atoms with Gasteiger partial charge in [0.2, 0.25) is 0 Å². The van der Waals surface area contributed by atoms with Gasteiger partial charge in [0.25, 0.3) is 0 Å². The van der Waals surface area contributed by atoms with Crippen LogP contribution in [0.5, 0.6) is 0 Å². The van der Waals surface area contributed by atoms with E-state index in [1.807, 2.05) is 0 Å². The highest BCUT2D eigenvalue weighted by atomic mass is 79.9. The van der Waals surface area contributed by atoms with Gasteiger partial charge in [0, 0.05) is 10.5 Å². The van der Waals surface area contributed by atoms with E-state index >= 15 is 0 Å². The summed E-state index contributed by atoms with van der Waals surface area (Å²) in [6.07, 6.45) is 0.909. The summed E-state index contributed by atoms with van der Waals surface area (Å²) in [6, 6.07) is 8.50. The Hall–Kier alpha value is -0.640. The standard InChI is InChI=1S/C13H14BrNS/c1-9-6-11(14)2-3-12(9)13(15)7-10-4-5-16-8-10/h2-6,8,13H,7,15H2,1H3. The highest BCUT2D eigenvalue weighted by Crippen LogP contribution is 2.23. The summed E-state index contributed by atoms with van der Waals surface area (Å²) in [4.78, 5) is 0. The number of hydrogen-bond acceptors (Lipinski definition) is 2. The Labute approximate surface area is 108 Å². The van der Waals surface area contributed by atoms with Gasteiger partial charge in [0.15, 0.2) is 0 Å². The molecule has 0 saturated carbocycles. The zero-order valence-corrected chi connectivity index (χ0v) is 11.5. The fraction of sp³-hybridized carbons (Fsp3) is 0.231. The zero-order valence-electron chi connectivity index (χ0n) is 9.11. The fourth-order valence-corrected chi connectivity index (χ4v) is 2.98. The highest BCUT2D eigenvalue weighted by molar-refractivity contribution is 9.10. The number of aryl methyl sites for hydroxylation is 1. The van der Waals surface area contributed by atoms with Crippen molar-refractivity contribution >= 4 is 27.3 Å². The van der Waals surface area contributed by atoms with E-state index in [-0.39, 0.29) is 6.04 Å². The van der Waals surface area contributed by atoms with E-state index in [4.69, 9.17) is 5.73 Å². The van der Waals surface area contributed by atoms with E-state index in [2.05, 4.69) is 57.9 Å². The van der Waals surface area contributed by atoms with Gasteiger partial charge in [-0.25, -0.2) is 0 Å². The van der Waals surface area contributed by atoms with Crippen LogP contribution in [0.25, 0.3) is 0 Å². The molecule has 0 bridgehead atoms. The average Bonchev–Trinajstić information content (AvgIpc) is 2.70. The van der Waals surface area contributed by atoms with Gasteiger partial charge in [0.1, 0.15) is 0 Å². The number of hydrogen-bond donors (Lipinski definition) is 1. The molecule has 16 heavy (non-hydrogen) atoms. The van der Waals surface area contributed by atoms with Gasteiger partial charge in [-0.05, 0) is 59.0 Å². The van der Waals surface area contributed by atoms with Crippen LogP contribution in [0.1, 0.15) is 22.7 Å². The topological polar surface area (TPSA) is 26.0 Å². The van der Waals surface area contributed by atoms with Gasteiger partial charge in [-0.1, -0.05) is 22.0 Å². The first-order valence-corrected chi connectivity index (χ1v) is 6.93. The second kappa shape index (κ2) is 5.13. The molecule has 1 atom stereocenters. The van der Waals surface area contributed by atoms with Gasteiger partial charge in [-0.15, -0.1) is 0 Å². The number of halogens is 1. The Bertz CT molecular complexity index is 465. The van der Waals surface area contributed by atoms with Crippen molar-refractivity contribution < 1.29 is 0 Å². The normalized spacial score (nSPS) is 12.7. The van der Waals surface area contributed by atoms with Gasteiger partial charge < -0.3 is 5.73 Å². The van der Waals surface area contributed by atoms with Crippen LogP contribution in [0.3, 0.4) is 0 Å². The summed E-state index contributed by atoms with van der Waals surface area (Å²) in [5, 5.41) is 4.25. The van der Waals surface area contributed by atoms with Crippen LogP contribution in [-0.2, 0) is 6.42 Å². The van der Waals surface area contributed by atoms with Crippen LogP contribution in [0.2, 0.25) is 0 Å². The van der Waals surface area contributed by atoms with Crippen LogP contribution in [0.4, 0.5) is 0 Å². The van der Waals surface area contributed by atoms with Crippen molar-refractivity contribution in [2.75, 3.05) is 0 Å². The predicted octanol–water partition coefficient (Wildman–Crippen LogP) is 4.06. The average molecular weight is 296 g/mol. The second-order valence-electron chi connectivity index (χ2n) is 3.94. The van der Waals surface area contributed by atoms with Crippen molar-refractivity contribution in [2.24, 2.45) is 5.73 Å². The minimum Gasteiger partial charge on any atom is -0.324 e. The van der Waals surface area contributed by atoms with Crippen molar-refractivity contribution in [3.8, 4) is 0 Å². The van der Waals surface area contributed by atoms with Crippen LogP contribution < -0.4 is 5.73 Å². The summed E-state index contributed by atoms with van der Waals surface area (Å²) in [6.45, 7) is 2.10. The first-order valence-electron chi connectivity index (χ1n) is 5.19. The lowest BCUT2D eigenvalue weighted by molar-refractivity contribution is 0.718. The SMILES string of the molecule is Cc1cc(Br)ccc1C(N)Cc1ccsc1. The highest BCUT2D eigenvalue weighted by Gasteiger charge is 2.10. The zero-order chi connectivity index (χ0) is 11.5. The van der Waals surface area contributed by atoms with Gasteiger partial charge >= 0.3 is 0 Å². The third-order valence-electron chi connectivity index (χ3n) is 2.67. The van der Waals surface area contributed by atoms with Crippen molar-refractivity contribution in [1.82, 2.24) is 0 Å². The number of thiophene rings is 1. The maximum Gasteiger partial charge on any atom is 0.0338 e. The second-order valence-corrected chi connectivity index (χ2v) is 5.64. The van der Waals surface area contributed by atoms with E-state index in [1.54, 1.807) is 11.3 Å². The molecule has 0 amide bonds. The maximum absolute atomic E-state index is 6.23. The quantitative estimate of drug-likeness (QED) is 0.908. The van der Waals surface area contributed by atoms with Crippen molar-refractivity contribution in [2.45, 2.75) is 19.4 Å². The molecule has 0 radical (unpaired) electrons. The predicted molar refractivity (Wildman–Crippen MR) is 73.8 cm³/mol. The third kappa shape index (κ3) is 2.73. The summed E-state index contributed by atoms with van der Waals surface area (Å²) in [7, 11) is 0. The summed E-state index contributed by atoms with van der Waals surface area (Å²) >= 11 is 5.19. The molecule has 1 unspecified atom stereocenters. The molecular weight excluding hydrogens is 282 g/mol. The first-order chi connectivity index (χ1) is 7.66. The molecule has 1 nitrogen and oxygen atoms in total. The van der Waals surface area contributed by atoms with E-state index in [0.29, 0.717) is 0 Å². The monoisotopic (exact) mass is 295 g/mol. The van der Waals surface area contributed by atoms with Gasteiger partial charge in [0.05, 0.1) is 0 Å². The Morgan fingerprint density at radius 3 is 2.81 bits per heavy atom. The van der Waals surface area contributed by atoms with E-state index in [1.165, 1.54) is 16.7 Å². The Morgan fingerprint density at radius 2 is 2.19 bits per heavy atom. The molecule has 2 aromatic rings. The molecule has 1 heterocycles. The van der Waals surface area contributed by atoms with E-state index < -0.39 is 0 Å². The number of nitrogens with two attached hydrogens (primary N) is 1. The van der Waals surface area contributed by atoms with Crippen molar-refractivity contribution in [3.05, 3.63) is 56.2 Å². The molecule has 0 aliphatic carbocycles. The van der Waals surface area contributed by atoms with Crippen LogP contribution in [0.15, 0.2) is 39.5 Å². The van der Waals surface area contributed by atoms with Crippen molar-refractivity contribution in [1.29, 1.82) is 0 Å². The smallest absolute Gasteiger partial charge is 0.0338 e. The van der Waals surface area contributed by atoms with Crippen molar-refractivity contribution in [3.63, 3.8) is 0 Å². The molecule has 0 spiro atoms.